The van der Waals surface area contributed by atoms with E-state index in [2.05, 4.69) is 45.5 Å². The summed E-state index contributed by atoms with van der Waals surface area (Å²) in [5.74, 6) is -0.0393. The smallest absolute Gasteiger partial charge is 0.238 e. The van der Waals surface area contributed by atoms with E-state index in [1.54, 1.807) is 24.3 Å². The Labute approximate surface area is 160 Å². The van der Waals surface area contributed by atoms with E-state index in [1.165, 1.54) is 5.56 Å². The third-order valence-electron chi connectivity index (χ3n) is 4.58. The van der Waals surface area contributed by atoms with Crippen LogP contribution in [0.25, 0.3) is 6.08 Å². The van der Waals surface area contributed by atoms with E-state index < -0.39 is 0 Å². The van der Waals surface area contributed by atoms with Crippen molar-refractivity contribution in [2.75, 3.05) is 44.6 Å². The van der Waals surface area contributed by atoms with Crippen molar-refractivity contribution in [3.63, 3.8) is 0 Å². The molecule has 0 aliphatic carbocycles. The van der Waals surface area contributed by atoms with Crippen molar-refractivity contribution in [3.8, 4) is 6.07 Å². The minimum atomic E-state index is -0.0393. The van der Waals surface area contributed by atoms with Gasteiger partial charge in [0.05, 0.1) is 18.2 Å². The number of piperazine rings is 1. The zero-order valence-electron chi connectivity index (χ0n) is 15.3. The summed E-state index contributed by atoms with van der Waals surface area (Å²) < 4.78 is 0. The Morgan fingerprint density at radius 1 is 1.04 bits per heavy atom. The van der Waals surface area contributed by atoms with Crippen LogP contribution in [0.1, 0.15) is 11.1 Å². The number of nitriles is 1. The summed E-state index contributed by atoms with van der Waals surface area (Å²) in [7, 11) is 0. The number of benzene rings is 2. The SMILES string of the molecule is N#Cc1cccc(NC(=O)CN2CCN(C/C=C/c3ccccc3)CC2)c1. The van der Waals surface area contributed by atoms with Crippen molar-refractivity contribution in [1.82, 2.24) is 9.80 Å². The van der Waals surface area contributed by atoms with Gasteiger partial charge in [0.25, 0.3) is 0 Å². The number of nitrogens with zero attached hydrogens (tertiary/aromatic N) is 3. The van der Waals surface area contributed by atoms with Crippen LogP contribution in [0.5, 0.6) is 0 Å². The molecule has 5 nitrogen and oxygen atoms in total. The normalized spacial score (nSPS) is 15.5. The van der Waals surface area contributed by atoms with Crippen LogP contribution in [-0.4, -0.2) is 55.0 Å². The van der Waals surface area contributed by atoms with E-state index in [0.717, 1.165) is 32.7 Å². The van der Waals surface area contributed by atoms with Crippen LogP contribution in [0.15, 0.2) is 60.7 Å². The fourth-order valence-electron chi connectivity index (χ4n) is 3.10. The quantitative estimate of drug-likeness (QED) is 0.861. The molecule has 2 aromatic carbocycles. The highest BCUT2D eigenvalue weighted by molar-refractivity contribution is 5.92. The van der Waals surface area contributed by atoms with Gasteiger partial charge in [0.1, 0.15) is 0 Å². The van der Waals surface area contributed by atoms with Gasteiger partial charge in [0, 0.05) is 38.4 Å². The Bertz CT molecular complexity index is 818. The van der Waals surface area contributed by atoms with Gasteiger partial charge in [-0.05, 0) is 23.8 Å². The van der Waals surface area contributed by atoms with Crippen LogP contribution in [-0.2, 0) is 4.79 Å². The topological polar surface area (TPSA) is 59.4 Å². The van der Waals surface area contributed by atoms with Crippen LogP contribution in [0.3, 0.4) is 0 Å². The molecular formula is C22H24N4O. The summed E-state index contributed by atoms with van der Waals surface area (Å²) in [6.07, 6.45) is 4.34. The molecule has 0 radical (unpaired) electrons. The first-order valence-corrected chi connectivity index (χ1v) is 9.19. The van der Waals surface area contributed by atoms with Gasteiger partial charge < -0.3 is 5.32 Å². The van der Waals surface area contributed by atoms with Crippen molar-refractivity contribution in [2.24, 2.45) is 0 Å². The zero-order valence-corrected chi connectivity index (χ0v) is 15.3. The molecule has 1 N–H and O–H groups in total. The van der Waals surface area contributed by atoms with E-state index >= 15 is 0 Å². The van der Waals surface area contributed by atoms with Crippen molar-refractivity contribution in [3.05, 3.63) is 71.8 Å². The number of anilines is 1. The highest BCUT2D eigenvalue weighted by Crippen LogP contribution is 2.10. The molecule has 0 saturated carbocycles. The van der Waals surface area contributed by atoms with Gasteiger partial charge in [-0.2, -0.15) is 5.26 Å². The number of rotatable bonds is 6. The van der Waals surface area contributed by atoms with Gasteiger partial charge >= 0.3 is 0 Å². The third-order valence-corrected chi connectivity index (χ3v) is 4.58. The molecule has 138 valence electrons. The number of nitrogens with one attached hydrogen (secondary N) is 1. The Morgan fingerprint density at radius 2 is 1.78 bits per heavy atom. The maximum absolute atomic E-state index is 12.2. The molecule has 1 saturated heterocycles. The van der Waals surface area contributed by atoms with E-state index in [-0.39, 0.29) is 5.91 Å². The maximum Gasteiger partial charge on any atom is 0.238 e. The lowest BCUT2D eigenvalue weighted by Gasteiger charge is -2.33. The molecule has 0 aromatic heterocycles. The van der Waals surface area contributed by atoms with Crippen molar-refractivity contribution in [2.45, 2.75) is 0 Å². The lowest BCUT2D eigenvalue weighted by Crippen LogP contribution is -2.48. The number of carbonyl (C=O) groups excluding carboxylic acids is 1. The van der Waals surface area contributed by atoms with E-state index in [1.807, 2.05) is 18.2 Å². The first kappa shape index (κ1) is 18.8. The molecule has 3 rings (SSSR count). The fourth-order valence-corrected chi connectivity index (χ4v) is 3.10. The molecule has 0 bridgehead atoms. The predicted octanol–water partition coefficient (Wildman–Crippen LogP) is 2.83. The molecule has 5 heteroatoms. The Kier molecular flexibility index (Phi) is 6.75. The minimum Gasteiger partial charge on any atom is -0.325 e. The molecule has 1 aliphatic heterocycles. The highest BCUT2D eigenvalue weighted by Gasteiger charge is 2.18. The predicted molar refractivity (Wildman–Crippen MR) is 108 cm³/mol. The van der Waals surface area contributed by atoms with Crippen molar-refractivity contribution in [1.29, 1.82) is 5.26 Å². The number of carbonyl (C=O) groups is 1. The average Bonchev–Trinajstić information content (AvgIpc) is 2.70. The molecule has 0 unspecified atom stereocenters. The monoisotopic (exact) mass is 360 g/mol. The van der Waals surface area contributed by atoms with Crippen LogP contribution >= 0.6 is 0 Å². The molecule has 1 heterocycles. The molecule has 1 amide bonds. The summed E-state index contributed by atoms with van der Waals surface area (Å²) in [4.78, 5) is 16.8. The van der Waals surface area contributed by atoms with E-state index in [4.69, 9.17) is 5.26 Å². The van der Waals surface area contributed by atoms with E-state index in [9.17, 15) is 4.79 Å². The first-order valence-electron chi connectivity index (χ1n) is 9.19. The van der Waals surface area contributed by atoms with E-state index in [0.29, 0.717) is 17.8 Å². The summed E-state index contributed by atoms with van der Waals surface area (Å²) >= 11 is 0. The largest absolute Gasteiger partial charge is 0.325 e. The molecule has 1 fully saturated rings. The lowest BCUT2D eigenvalue weighted by atomic mass is 10.2. The number of hydrogen-bond donors (Lipinski definition) is 1. The third kappa shape index (κ3) is 6.07. The Balaban J connectivity index is 1.39. The molecular weight excluding hydrogens is 336 g/mol. The first-order chi connectivity index (χ1) is 13.2. The molecule has 27 heavy (non-hydrogen) atoms. The van der Waals surface area contributed by atoms with Gasteiger partial charge in [-0.1, -0.05) is 48.6 Å². The molecule has 0 atom stereocenters. The van der Waals surface area contributed by atoms with Crippen LogP contribution in [0.4, 0.5) is 5.69 Å². The van der Waals surface area contributed by atoms with Crippen LogP contribution < -0.4 is 5.32 Å². The Morgan fingerprint density at radius 3 is 2.52 bits per heavy atom. The zero-order chi connectivity index (χ0) is 18.9. The summed E-state index contributed by atoms with van der Waals surface area (Å²) in [6.45, 7) is 4.97. The van der Waals surface area contributed by atoms with Crippen LogP contribution in [0, 0.1) is 11.3 Å². The maximum atomic E-state index is 12.2. The summed E-state index contributed by atoms with van der Waals surface area (Å²) in [6, 6.07) is 19.4. The fraction of sp³-hybridized carbons (Fsp3) is 0.273. The van der Waals surface area contributed by atoms with Gasteiger partial charge in [-0.15, -0.1) is 0 Å². The summed E-state index contributed by atoms with van der Waals surface area (Å²) in [5.41, 5.74) is 2.43. The van der Waals surface area contributed by atoms with Crippen LogP contribution in [0.2, 0.25) is 0 Å². The van der Waals surface area contributed by atoms with Crippen molar-refractivity contribution >= 4 is 17.7 Å². The lowest BCUT2D eigenvalue weighted by molar-refractivity contribution is -0.117. The second kappa shape index (κ2) is 9.67. The standard InChI is InChI=1S/C22H24N4O/c23-17-20-8-4-10-21(16-20)24-22(27)18-26-14-12-25(13-15-26)11-5-9-19-6-2-1-3-7-19/h1-10,16H,11-15,18H2,(H,24,27)/b9-5+. The highest BCUT2D eigenvalue weighted by atomic mass is 16.2. The Hall–Kier alpha value is -2.94. The van der Waals surface area contributed by atoms with Gasteiger partial charge in [-0.25, -0.2) is 0 Å². The molecule has 0 spiro atoms. The summed E-state index contributed by atoms with van der Waals surface area (Å²) in [5, 5.41) is 11.8. The van der Waals surface area contributed by atoms with Gasteiger partial charge in [0.2, 0.25) is 5.91 Å². The average molecular weight is 360 g/mol. The second-order valence-corrected chi connectivity index (χ2v) is 6.63. The second-order valence-electron chi connectivity index (χ2n) is 6.63. The van der Waals surface area contributed by atoms with Gasteiger partial charge in [0.15, 0.2) is 0 Å². The van der Waals surface area contributed by atoms with Gasteiger partial charge in [-0.3, -0.25) is 14.6 Å². The number of hydrogen-bond acceptors (Lipinski definition) is 4. The molecule has 1 aliphatic rings. The minimum absolute atomic E-state index is 0.0393. The molecule has 2 aromatic rings. The van der Waals surface area contributed by atoms with Crippen molar-refractivity contribution < 1.29 is 4.79 Å². The number of amides is 1.